The number of anilines is 1. The zero-order valence-corrected chi connectivity index (χ0v) is 16.9. The molecule has 1 aromatic heterocycles. The second-order valence-electron chi connectivity index (χ2n) is 7.29. The summed E-state index contributed by atoms with van der Waals surface area (Å²) in [5, 5.41) is 0. The van der Waals surface area contributed by atoms with E-state index in [0.29, 0.717) is 49.1 Å². The number of ether oxygens (including phenoxy) is 2. The number of carbonyl (C=O) groups is 3. The number of nitrogens with one attached hydrogen (secondary N) is 1. The first kappa shape index (κ1) is 20.0. The summed E-state index contributed by atoms with van der Waals surface area (Å²) in [6.45, 7) is 2.17. The fourth-order valence-corrected chi connectivity index (χ4v) is 4.08. The number of amides is 3. The molecule has 0 radical (unpaired) electrons. The van der Waals surface area contributed by atoms with Crippen LogP contribution in [0.3, 0.4) is 0 Å². The number of methoxy groups -OCH3 is 2. The first-order valence-electron chi connectivity index (χ1n) is 9.79. The molecule has 0 spiro atoms. The van der Waals surface area contributed by atoms with Gasteiger partial charge < -0.3 is 23.7 Å². The molecule has 2 aliphatic rings. The molecule has 30 heavy (non-hydrogen) atoms. The van der Waals surface area contributed by atoms with Gasteiger partial charge in [-0.3, -0.25) is 14.4 Å². The summed E-state index contributed by atoms with van der Waals surface area (Å²) >= 11 is 0. The van der Waals surface area contributed by atoms with E-state index in [1.54, 1.807) is 35.2 Å². The van der Waals surface area contributed by atoms with Gasteiger partial charge in [0.2, 0.25) is 5.91 Å². The van der Waals surface area contributed by atoms with Gasteiger partial charge in [0.15, 0.2) is 11.8 Å². The van der Waals surface area contributed by atoms with Gasteiger partial charge >= 0.3 is 0 Å². The fourth-order valence-electron chi connectivity index (χ4n) is 4.08. The first-order chi connectivity index (χ1) is 14.5. The van der Waals surface area contributed by atoms with Crippen molar-refractivity contribution in [3.8, 4) is 11.5 Å². The van der Waals surface area contributed by atoms with E-state index < -0.39 is 6.04 Å². The molecule has 2 aromatic rings. The molecule has 3 heterocycles. The molecular formula is C21H24N3O6+. The summed E-state index contributed by atoms with van der Waals surface area (Å²) in [5.74, 6) is 0.634. The van der Waals surface area contributed by atoms with Crippen molar-refractivity contribution in [3.05, 3.63) is 42.4 Å². The minimum atomic E-state index is -0.467. The van der Waals surface area contributed by atoms with E-state index in [1.165, 1.54) is 25.4 Å². The van der Waals surface area contributed by atoms with Crippen LogP contribution < -0.4 is 19.3 Å². The van der Waals surface area contributed by atoms with Gasteiger partial charge in [0.1, 0.15) is 11.5 Å². The van der Waals surface area contributed by atoms with E-state index in [2.05, 4.69) is 0 Å². The highest BCUT2D eigenvalue weighted by Crippen LogP contribution is 2.34. The maximum Gasteiger partial charge on any atom is 0.292 e. The van der Waals surface area contributed by atoms with Crippen LogP contribution in [-0.4, -0.2) is 69.1 Å². The van der Waals surface area contributed by atoms with Crippen LogP contribution >= 0.6 is 0 Å². The second kappa shape index (κ2) is 8.19. The average Bonchev–Trinajstić information content (AvgIpc) is 3.41. The molecule has 4 rings (SSSR count). The number of rotatable bonds is 5. The Hall–Kier alpha value is -3.33. The van der Waals surface area contributed by atoms with Crippen LogP contribution in [0.15, 0.2) is 41.0 Å². The number of benzene rings is 1. The smallest absolute Gasteiger partial charge is 0.292 e. The number of piperazine rings is 1. The van der Waals surface area contributed by atoms with E-state index in [1.807, 2.05) is 0 Å². The Morgan fingerprint density at radius 3 is 2.53 bits per heavy atom. The van der Waals surface area contributed by atoms with Gasteiger partial charge in [-0.05, 0) is 24.3 Å². The summed E-state index contributed by atoms with van der Waals surface area (Å²) < 4.78 is 15.7. The van der Waals surface area contributed by atoms with E-state index in [4.69, 9.17) is 13.9 Å². The van der Waals surface area contributed by atoms with Crippen molar-refractivity contribution in [2.24, 2.45) is 0 Å². The molecule has 0 saturated carbocycles. The molecule has 0 unspecified atom stereocenters. The van der Waals surface area contributed by atoms with Crippen LogP contribution in [0.5, 0.6) is 11.5 Å². The molecule has 2 fully saturated rings. The lowest BCUT2D eigenvalue weighted by atomic mass is 10.1. The van der Waals surface area contributed by atoms with Gasteiger partial charge in [-0.15, -0.1) is 0 Å². The van der Waals surface area contributed by atoms with Crippen molar-refractivity contribution in [2.75, 3.05) is 45.3 Å². The lowest BCUT2D eigenvalue weighted by Crippen LogP contribution is -3.19. The van der Waals surface area contributed by atoms with E-state index in [-0.39, 0.29) is 24.1 Å². The minimum Gasteiger partial charge on any atom is -0.497 e. The Bertz CT molecular complexity index is 950. The molecule has 9 nitrogen and oxygen atoms in total. The number of nitrogens with zero attached hydrogens (tertiary/aromatic N) is 2. The maximum absolute atomic E-state index is 13.1. The van der Waals surface area contributed by atoms with Gasteiger partial charge in [-0.25, -0.2) is 4.90 Å². The number of quaternary nitrogens is 1. The van der Waals surface area contributed by atoms with Crippen molar-refractivity contribution in [2.45, 2.75) is 12.5 Å². The Balaban J connectivity index is 1.46. The lowest BCUT2D eigenvalue weighted by molar-refractivity contribution is -0.918. The lowest BCUT2D eigenvalue weighted by Gasteiger charge is -2.34. The molecule has 9 heteroatoms. The summed E-state index contributed by atoms with van der Waals surface area (Å²) in [6.07, 6.45) is 1.61. The highest BCUT2D eigenvalue weighted by molar-refractivity contribution is 6.22. The van der Waals surface area contributed by atoms with Crippen molar-refractivity contribution in [3.63, 3.8) is 0 Å². The highest BCUT2D eigenvalue weighted by atomic mass is 16.5. The summed E-state index contributed by atoms with van der Waals surface area (Å²) in [5.41, 5.74) is 0.418. The van der Waals surface area contributed by atoms with Crippen molar-refractivity contribution >= 4 is 23.4 Å². The average molecular weight is 414 g/mol. The Morgan fingerprint density at radius 1 is 1.13 bits per heavy atom. The summed E-state index contributed by atoms with van der Waals surface area (Å²) in [4.78, 5) is 42.2. The molecule has 2 aliphatic heterocycles. The molecule has 158 valence electrons. The molecule has 1 N–H and O–H groups in total. The normalized spacial score (nSPS) is 20.0. The third-order valence-corrected chi connectivity index (χ3v) is 5.69. The van der Waals surface area contributed by atoms with Gasteiger partial charge in [0, 0.05) is 6.07 Å². The Labute approximate surface area is 173 Å². The van der Waals surface area contributed by atoms with Crippen LogP contribution in [-0.2, 0) is 9.59 Å². The molecular weight excluding hydrogens is 390 g/mol. The zero-order chi connectivity index (χ0) is 21.3. The van der Waals surface area contributed by atoms with Gasteiger partial charge in [-0.1, -0.05) is 0 Å². The van der Waals surface area contributed by atoms with Gasteiger partial charge in [0.25, 0.3) is 11.8 Å². The maximum atomic E-state index is 13.1. The molecule has 1 atom stereocenters. The molecule has 0 aliphatic carbocycles. The number of furan rings is 1. The predicted octanol–water partition coefficient (Wildman–Crippen LogP) is -0.0304. The van der Waals surface area contributed by atoms with Crippen LogP contribution in [0.1, 0.15) is 17.0 Å². The van der Waals surface area contributed by atoms with Crippen LogP contribution in [0.25, 0.3) is 0 Å². The SMILES string of the molecule is COc1ccc(N2C(=O)C[C@@H]([NH+]3CCN(C(=O)c4ccco4)CC3)C2=O)c(OC)c1. The van der Waals surface area contributed by atoms with Crippen molar-refractivity contribution in [1.29, 1.82) is 0 Å². The number of hydrogen-bond donors (Lipinski definition) is 1. The van der Waals surface area contributed by atoms with Crippen LogP contribution in [0, 0.1) is 0 Å². The number of imide groups is 1. The Kier molecular flexibility index (Phi) is 5.45. The minimum absolute atomic E-state index is 0.134. The highest BCUT2D eigenvalue weighted by Gasteiger charge is 2.47. The standard InChI is InChI=1S/C21H23N3O6/c1-28-14-5-6-15(18(12-14)29-2)24-19(25)13-16(20(24)26)22-7-9-23(10-8-22)21(27)17-4-3-11-30-17/h3-6,11-12,16H,7-10,13H2,1-2H3/p+1/t16-/m1/s1. The van der Waals surface area contributed by atoms with E-state index >= 15 is 0 Å². The quantitative estimate of drug-likeness (QED) is 0.691. The van der Waals surface area contributed by atoms with E-state index in [9.17, 15) is 14.4 Å². The predicted molar refractivity (Wildman–Crippen MR) is 106 cm³/mol. The molecule has 2 saturated heterocycles. The van der Waals surface area contributed by atoms with Crippen LogP contribution in [0.2, 0.25) is 0 Å². The monoisotopic (exact) mass is 414 g/mol. The van der Waals surface area contributed by atoms with E-state index in [0.717, 1.165) is 4.90 Å². The Morgan fingerprint density at radius 2 is 1.90 bits per heavy atom. The largest absolute Gasteiger partial charge is 0.497 e. The second-order valence-corrected chi connectivity index (χ2v) is 7.29. The third-order valence-electron chi connectivity index (χ3n) is 5.69. The molecule has 1 aromatic carbocycles. The summed E-state index contributed by atoms with van der Waals surface area (Å²) in [6, 6.07) is 7.85. The molecule has 0 bridgehead atoms. The van der Waals surface area contributed by atoms with Gasteiger partial charge in [-0.2, -0.15) is 0 Å². The third kappa shape index (κ3) is 3.52. The first-order valence-corrected chi connectivity index (χ1v) is 9.79. The van der Waals surface area contributed by atoms with Crippen LogP contribution in [0.4, 0.5) is 5.69 Å². The van der Waals surface area contributed by atoms with Gasteiger partial charge in [0.05, 0.1) is 58.8 Å². The number of hydrogen-bond acceptors (Lipinski definition) is 6. The topological polar surface area (TPSA) is 93.7 Å². The fraction of sp³-hybridized carbons (Fsp3) is 0.381. The number of carbonyl (C=O) groups excluding carboxylic acids is 3. The van der Waals surface area contributed by atoms with Crippen molar-refractivity contribution < 1.29 is 33.2 Å². The zero-order valence-electron chi connectivity index (χ0n) is 16.9. The summed E-state index contributed by atoms with van der Waals surface area (Å²) in [7, 11) is 3.03. The molecule has 3 amide bonds. The van der Waals surface area contributed by atoms with Crippen molar-refractivity contribution in [1.82, 2.24) is 4.90 Å².